The van der Waals surface area contributed by atoms with Crippen LogP contribution in [0.1, 0.15) is 50.7 Å². The van der Waals surface area contributed by atoms with Crippen molar-refractivity contribution < 1.29 is 0 Å². The Bertz CT molecular complexity index is 2470. The van der Waals surface area contributed by atoms with Crippen LogP contribution >= 0.6 is 0 Å². The van der Waals surface area contributed by atoms with Gasteiger partial charge in [-0.2, -0.15) is 0 Å². The minimum atomic E-state index is 1.09. The number of unbranched alkanes of at least 4 members (excludes halogenated alkanes) is 2. The summed E-state index contributed by atoms with van der Waals surface area (Å²) >= 11 is 0. The highest BCUT2D eigenvalue weighted by Crippen LogP contribution is 2.44. The van der Waals surface area contributed by atoms with Gasteiger partial charge in [0.25, 0.3) is 0 Å². The second-order valence-corrected chi connectivity index (χ2v) is 14.3. The fraction of sp³-hybridized carbons (Fsp3) is 0.154. The van der Waals surface area contributed by atoms with Gasteiger partial charge in [-0.1, -0.05) is 130 Å². The van der Waals surface area contributed by atoms with E-state index < -0.39 is 0 Å². The zero-order chi connectivity index (χ0) is 36.7. The van der Waals surface area contributed by atoms with Crippen molar-refractivity contribution in [1.82, 2.24) is 0 Å². The number of hydrogen-bond donors (Lipinski definition) is 0. The van der Waals surface area contributed by atoms with Crippen molar-refractivity contribution in [3.63, 3.8) is 0 Å². The van der Waals surface area contributed by atoms with Crippen LogP contribution in [0.2, 0.25) is 0 Å². The van der Waals surface area contributed by atoms with Crippen molar-refractivity contribution >= 4 is 55.7 Å². The third kappa shape index (κ3) is 7.38. The molecule has 2 nitrogen and oxygen atoms in total. The van der Waals surface area contributed by atoms with Crippen molar-refractivity contribution in [1.29, 1.82) is 0 Å². The van der Waals surface area contributed by atoms with Crippen LogP contribution in [0.25, 0.3) is 32.7 Å². The molecular formula is C52H48N2. The van der Waals surface area contributed by atoms with Crippen molar-refractivity contribution in [2.45, 2.75) is 52.4 Å². The van der Waals surface area contributed by atoms with Crippen LogP contribution in [0.3, 0.4) is 0 Å². The van der Waals surface area contributed by atoms with E-state index in [1.54, 1.807) is 0 Å². The number of hydrogen-bond acceptors (Lipinski definition) is 2. The first-order valence-corrected chi connectivity index (χ1v) is 19.6. The summed E-state index contributed by atoms with van der Waals surface area (Å²) in [5.74, 6) is 0. The van der Waals surface area contributed by atoms with Crippen LogP contribution in [-0.4, -0.2) is 0 Å². The van der Waals surface area contributed by atoms with E-state index in [9.17, 15) is 0 Å². The van der Waals surface area contributed by atoms with Crippen molar-refractivity contribution in [2.24, 2.45) is 0 Å². The molecule has 0 bridgehead atoms. The van der Waals surface area contributed by atoms with E-state index in [0.29, 0.717) is 0 Å². The number of fused-ring (bicyclic) bond motifs is 2. The molecule has 0 unspecified atom stereocenters. The van der Waals surface area contributed by atoms with Crippen LogP contribution < -0.4 is 9.80 Å². The van der Waals surface area contributed by atoms with Gasteiger partial charge in [0.1, 0.15) is 0 Å². The maximum atomic E-state index is 2.41. The van der Waals surface area contributed by atoms with Crippen molar-refractivity contribution in [2.75, 3.05) is 9.80 Å². The Morgan fingerprint density at radius 3 is 1.39 bits per heavy atom. The molecule has 8 aromatic carbocycles. The third-order valence-corrected chi connectivity index (χ3v) is 10.5. The Balaban J connectivity index is 1.31. The molecule has 2 heteroatoms. The lowest BCUT2D eigenvalue weighted by atomic mass is 9.91. The minimum absolute atomic E-state index is 1.09. The molecule has 0 amide bonds. The van der Waals surface area contributed by atoms with E-state index in [4.69, 9.17) is 0 Å². The van der Waals surface area contributed by atoms with E-state index >= 15 is 0 Å². The zero-order valence-electron chi connectivity index (χ0n) is 31.5. The average Bonchev–Trinajstić information content (AvgIpc) is 3.23. The smallest absolute Gasteiger partial charge is 0.0468 e. The first-order chi connectivity index (χ1) is 26.7. The molecular weight excluding hydrogens is 653 g/mol. The van der Waals surface area contributed by atoms with Gasteiger partial charge >= 0.3 is 0 Å². The van der Waals surface area contributed by atoms with Crippen LogP contribution in [0.15, 0.2) is 182 Å². The molecule has 0 aromatic heterocycles. The van der Waals surface area contributed by atoms with Crippen molar-refractivity contribution in [3.05, 3.63) is 193 Å². The number of para-hydroxylation sites is 2. The van der Waals surface area contributed by atoms with Gasteiger partial charge in [0.15, 0.2) is 0 Å². The summed E-state index contributed by atoms with van der Waals surface area (Å²) in [6.45, 7) is 4.52. The fourth-order valence-electron chi connectivity index (χ4n) is 7.80. The van der Waals surface area contributed by atoms with Gasteiger partial charge in [-0.3, -0.25) is 0 Å². The van der Waals surface area contributed by atoms with Gasteiger partial charge in [-0.15, -0.1) is 0 Å². The topological polar surface area (TPSA) is 6.48 Å². The SMILES string of the molecule is CCCCc1cccc(N(c2ccccc2)c2ccc3c(-c4ccccc4)c4cc(N(c5ccccc5)c5cccc(CCCC)c5)ccc4cc3c2)c1. The van der Waals surface area contributed by atoms with Gasteiger partial charge in [-0.05, 0) is 148 Å². The Morgan fingerprint density at radius 2 is 0.833 bits per heavy atom. The summed E-state index contributed by atoms with van der Waals surface area (Å²) in [6, 6.07) is 67.0. The number of aryl methyl sites for hydroxylation is 2. The van der Waals surface area contributed by atoms with E-state index in [1.165, 1.54) is 80.9 Å². The molecule has 266 valence electrons. The van der Waals surface area contributed by atoms with E-state index in [1.807, 2.05) is 0 Å². The van der Waals surface area contributed by atoms with Crippen LogP contribution in [0.4, 0.5) is 34.1 Å². The zero-order valence-corrected chi connectivity index (χ0v) is 31.5. The lowest BCUT2D eigenvalue weighted by molar-refractivity contribution is 0.795. The summed E-state index contributed by atoms with van der Waals surface area (Å²) in [6.07, 6.45) is 6.93. The molecule has 0 aliphatic carbocycles. The second kappa shape index (κ2) is 16.3. The Kier molecular flexibility index (Phi) is 10.5. The van der Waals surface area contributed by atoms with Gasteiger partial charge in [0.05, 0.1) is 0 Å². The first kappa shape index (κ1) is 34.9. The molecule has 8 aromatic rings. The molecule has 0 aliphatic heterocycles. The van der Waals surface area contributed by atoms with Gasteiger partial charge in [0.2, 0.25) is 0 Å². The van der Waals surface area contributed by atoms with E-state index in [2.05, 4.69) is 206 Å². The quantitative estimate of drug-likeness (QED) is 0.111. The average molecular weight is 701 g/mol. The minimum Gasteiger partial charge on any atom is -0.310 e. The maximum Gasteiger partial charge on any atom is 0.0468 e. The monoisotopic (exact) mass is 700 g/mol. The molecule has 0 atom stereocenters. The molecule has 0 fully saturated rings. The lowest BCUT2D eigenvalue weighted by Crippen LogP contribution is -2.10. The second-order valence-electron chi connectivity index (χ2n) is 14.3. The Hall–Kier alpha value is -6.12. The molecule has 54 heavy (non-hydrogen) atoms. The molecule has 0 saturated carbocycles. The highest BCUT2D eigenvalue weighted by Gasteiger charge is 2.19. The van der Waals surface area contributed by atoms with Crippen LogP contribution in [0, 0.1) is 0 Å². The molecule has 0 heterocycles. The van der Waals surface area contributed by atoms with E-state index in [0.717, 1.165) is 35.6 Å². The predicted octanol–water partition coefficient (Wildman–Crippen LogP) is 15.3. The molecule has 0 radical (unpaired) electrons. The molecule has 8 rings (SSSR count). The number of benzene rings is 8. The first-order valence-electron chi connectivity index (χ1n) is 19.6. The molecule has 0 saturated heterocycles. The summed E-state index contributed by atoms with van der Waals surface area (Å²) in [4.78, 5) is 4.81. The molecule has 0 aliphatic rings. The highest BCUT2D eigenvalue weighted by molar-refractivity contribution is 6.14. The fourth-order valence-corrected chi connectivity index (χ4v) is 7.80. The predicted molar refractivity (Wildman–Crippen MR) is 233 cm³/mol. The maximum absolute atomic E-state index is 2.41. The van der Waals surface area contributed by atoms with Gasteiger partial charge < -0.3 is 9.80 Å². The van der Waals surface area contributed by atoms with Crippen molar-refractivity contribution in [3.8, 4) is 11.1 Å². The Morgan fingerprint density at radius 1 is 0.352 bits per heavy atom. The third-order valence-electron chi connectivity index (χ3n) is 10.5. The number of rotatable bonds is 13. The summed E-state index contributed by atoms with van der Waals surface area (Å²) in [5, 5.41) is 4.93. The lowest BCUT2D eigenvalue weighted by Gasteiger charge is -2.27. The van der Waals surface area contributed by atoms with Crippen LogP contribution in [-0.2, 0) is 12.8 Å². The summed E-state index contributed by atoms with van der Waals surface area (Å²) in [5.41, 5.74) is 12.2. The van der Waals surface area contributed by atoms with Gasteiger partial charge in [-0.25, -0.2) is 0 Å². The molecule has 0 N–H and O–H groups in total. The largest absolute Gasteiger partial charge is 0.310 e. The van der Waals surface area contributed by atoms with E-state index in [-0.39, 0.29) is 0 Å². The Labute approximate surface area is 321 Å². The molecule has 0 spiro atoms. The summed E-state index contributed by atoms with van der Waals surface area (Å²) in [7, 11) is 0. The number of nitrogens with zero attached hydrogens (tertiary/aromatic N) is 2. The van der Waals surface area contributed by atoms with Gasteiger partial charge in [0, 0.05) is 34.1 Å². The number of anilines is 6. The standard InChI is InChI=1S/C52H48N2/c1-3-5-18-39-20-16-28-46(34-39)53(44-24-12-8-13-25-44)48-32-33-50-43(37-48)36-42-30-31-49(38-51(42)52(50)41-22-10-7-11-23-41)54(45-26-14-9-15-27-45)47-29-17-21-40(35-47)19-6-4-2/h7-17,20-38H,3-6,18-19H2,1-2H3. The normalized spacial score (nSPS) is 11.2. The highest BCUT2D eigenvalue weighted by atomic mass is 15.1. The van der Waals surface area contributed by atoms with Crippen LogP contribution in [0.5, 0.6) is 0 Å². The summed E-state index contributed by atoms with van der Waals surface area (Å²) < 4.78 is 0.